The van der Waals surface area contributed by atoms with Crippen molar-refractivity contribution >= 4 is 11.6 Å². The molecule has 0 unspecified atom stereocenters. The molecular formula is C14H20ClN. The van der Waals surface area contributed by atoms with Gasteiger partial charge in [0.05, 0.1) is 0 Å². The van der Waals surface area contributed by atoms with Crippen molar-refractivity contribution in [1.29, 1.82) is 0 Å². The molecule has 0 heterocycles. The lowest BCUT2D eigenvalue weighted by atomic mass is 9.73. The standard InChI is InChI=1S/C14H20ClN/c1-2-11-7-9-14(16,10-8-11)12-5-3-4-6-13(12)15/h3-6,11H,2,7-10,16H2,1H3. The Labute approximate surface area is 103 Å². The Morgan fingerprint density at radius 1 is 1.31 bits per heavy atom. The van der Waals surface area contributed by atoms with Gasteiger partial charge in [-0.15, -0.1) is 0 Å². The van der Waals surface area contributed by atoms with Crippen LogP contribution in [0.3, 0.4) is 0 Å². The van der Waals surface area contributed by atoms with E-state index >= 15 is 0 Å². The van der Waals surface area contributed by atoms with Gasteiger partial charge in [0.2, 0.25) is 0 Å². The molecule has 88 valence electrons. The van der Waals surface area contributed by atoms with Gasteiger partial charge in [0, 0.05) is 10.6 Å². The van der Waals surface area contributed by atoms with Crippen LogP contribution >= 0.6 is 11.6 Å². The van der Waals surface area contributed by atoms with Crippen molar-refractivity contribution in [3.8, 4) is 0 Å². The van der Waals surface area contributed by atoms with Gasteiger partial charge < -0.3 is 5.73 Å². The van der Waals surface area contributed by atoms with E-state index in [-0.39, 0.29) is 5.54 Å². The number of benzene rings is 1. The van der Waals surface area contributed by atoms with Crippen LogP contribution in [0.1, 0.15) is 44.6 Å². The number of nitrogens with two attached hydrogens (primary N) is 1. The highest BCUT2D eigenvalue weighted by molar-refractivity contribution is 6.31. The first-order valence-corrected chi connectivity index (χ1v) is 6.57. The number of hydrogen-bond acceptors (Lipinski definition) is 1. The molecular weight excluding hydrogens is 218 g/mol. The van der Waals surface area contributed by atoms with Gasteiger partial charge in [0.1, 0.15) is 0 Å². The Morgan fingerprint density at radius 2 is 1.94 bits per heavy atom. The normalized spacial score (nSPS) is 30.3. The van der Waals surface area contributed by atoms with E-state index in [1.54, 1.807) is 0 Å². The summed E-state index contributed by atoms with van der Waals surface area (Å²) in [4.78, 5) is 0. The molecule has 1 saturated carbocycles. The Balaban J connectivity index is 2.18. The Kier molecular flexibility index (Phi) is 3.56. The summed E-state index contributed by atoms with van der Waals surface area (Å²) in [6, 6.07) is 8.01. The second-order valence-electron chi connectivity index (χ2n) is 4.99. The van der Waals surface area contributed by atoms with E-state index < -0.39 is 0 Å². The van der Waals surface area contributed by atoms with Gasteiger partial charge in [0.15, 0.2) is 0 Å². The molecule has 1 aliphatic carbocycles. The Bertz CT molecular complexity index is 354. The quantitative estimate of drug-likeness (QED) is 0.824. The third kappa shape index (κ3) is 2.26. The zero-order chi connectivity index (χ0) is 11.6. The molecule has 0 amide bonds. The predicted octanol–water partition coefficient (Wildman–Crippen LogP) is 4.09. The fourth-order valence-electron chi connectivity index (χ4n) is 2.74. The molecule has 2 heteroatoms. The monoisotopic (exact) mass is 237 g/mol. The maximum atomic E-state index is 6.51. The molecule has 1 fully saturated rings. The van der Waals surface area contributed by atoms with Gasteiger partial charge in [-0.1, -0.05) is 43.1 Å². The highest BCUT2D eigenvalue weighted by Crippen LogP contribution is 2.40. The molecule has 0 radical (unpaired) electrons. The first-order valence-electron chi connectivity index (χ1n) is 6.19. The van der Waals surface area contributed by atoms with E-state index in [4.69, 9.17) is 17.3 Å². The summed E-state index contributed by atoms with van der Waals surface area (Å²) in [7, 11) is 0. The average molecular weight is 238 g/mol. The van der Waals surface area contributed by atoms with Crippen LogP contribution in [0, 0.1) is 5.92 Å². The predicted molar refractivity (Wildman–Crippen MR) is 69.6 cm³/mol. The van der Waals surface area contributed by atoms with Crippen LogP contribution in [0.15, 0.2) is 24.3 Å². The van der Waals surface area contributed by atoms with Gasteiger partial charge in [-0.05, 0) is 43.2 Å². The van der Waals surface area contributed by atoms with Crippen molar-refractivity contribution in [2.24, 2.45) is 11.7 Å². The van der Waals surface area contributed by atoms with Crippen LogP contribution in [0.4, 0.5) is 0 Å². The smallest absolute Gasteiger partial charge is 0.0456 e. The van der Waals surface area contributed by atoms with Crippen LogP contribution in [-0.4, -0.2) is 0 Å². The molecule has 0 saturated heterocycles. The molecule has 0 atom stereocenters. The second-order valence-corrected chi connectivity index (χ2v) is 5.39. The van der Waals surface area contributed by atoms with Crippen molar-refractivity contribution in [2.45, 2.75) is 44.6 Å². The first-order chi connectivity index (χ1) is 7.65. The van der Waals surface area contributed by atoms with Crippen molar-refractivity contribution < 1.29 is 0 Å². The molecule has 1 aliphatic rings. The van der Waals surface area contributed by atoms with Crippen molar-refractivity contribution in [3.63, 3.8) is 0 Å². The first kappa shape index (κ1) is 11.9. The lowest BCUT2D eigenvalue weighted by Crippen LogP contribution is -2.40. The third-order valence-corrected chi connectivity index (χ3v) is 4.31. The minimum Gasteiger partial charge on any atom is -0.321 e. The molecule has 16 heavy (non-hydrogen) atoms. The zero-order valence-electron chi connectivity index (χ0n) is 9.88. The summed E-state index contributed by atoms with van der Waals surface area (Å²) in [6.07, 6.45) is 5.87. The third-order valence-electron chi connectivity index (χ3n) is 3.99. The molecule has 0 spiro atoms. The molecule has 1 nitrogen and oxygen atoms in total. The Hall–Kier alpha value is -0.530. The SMILES string of the molecule is CCC1CCC(N)(c2ccccc2Cl)CC1. The molecule has 0 aliphatic heterocycles. The molecule has 0 bridgehead atoms. The van der Waals surface area contributed by atoms with Crippen molar-refractivity contribution in [1.82, 2.24) is 0 Å². The molecule has 1 aromatic carbocycles. The highest BCUT2D eigenvalue weighted by atomic mass is 35.5. The van der Waals surface area contributed by atoms with Crippen molar-refractivity contribution in [3.05, 3.63) is 34.9 Å². The lowest BCUT2D eigenvalue weighted by Gasteiger charge is -2.37. The molecule has 1 aromatic rings. The summed E-state index contributed by atoms with van der Waals surface area (Å²) < 4.78 is 0. The largest absolute Gasteiger partial charge is 0.321 e. The summed E-state index contributed by atoms with van der Waals surface area (Å²) in [6.45, 7) is 2.27. The molecule has 2 rings (SSSR count). The average Bonchev–Trinajstić information content (AvgIpc) is 2.30. The topological polar surface area (TPSA) is 26.0 Å². The van der Waals surface area contributed by atoms with E-state index in [9.17, 15) is 0 Å². The minimum absolute atomic E-state index is 0.190. The molecule has 2 N–H and O–H groups in total. The maximum Gasteiger partial charge on any atom is 0.0456 e. The number of rotatable bonds is 2. The van der Waals surface area contributed by atoms with Crippen LogP contribution < -0.4 is 5.73 Å². The summed E-state index contributed by atoms with van der Waals surface area (Å²) in [5.74, 6) is 0.860. The van der Waals surface area contributed by atoms with Crippen LogP contribution in [0.25, 0.3) is 0 Å². The van der Waals surface area contributed by atoms with Gasteiger partial charge >= 0.3 is 0 Å². The fraction of sp³-hybridized carbons (Fsp3) is 0.571. The van der Waals surface area contributed by atoms with E-state index in [2.05, 4.69) is 13.0 Å². The van der Waals surface area contributed by atoms with E-state index in [1.165, 1.54) is 19.3 Å². The number of halogens is 1. The summed E-state index contributed by atoms with van der Waals surface area (Å²) >= 11 is 6.24. The van der Waals surface area contributed by atoms with E-state index in [0.717, 1.165) is 29.3 Å². The van der Waals surface area contributed by atoms with Crippen LogP contribution in [0.5, 0.6) is 0 Å². The minimum atomic E-state index is -0.190. The summed E-state index contributed by atoms with van der Waals surface area (Å²) in [5.41, 5.74) is 7.45. The van der Waals surface area contributed by atoms with E-state index in [0.29, 0.717) is 0 Å². The molecule has 0 aromatic heterocycles. The summed E-state index contributed by atoms with van der Waals surface area (Å²) in [5, 5.41) is 0.819. The van der Waals surface area contributed by atoms with Gasteiger partial charge in [-0.3, -0.25) is 0 Å². The highest BCUT2D eigenvalue weighted by Gasteiger charge is 2.33. The fourth-order valence-corrected chi connectivity index (χ4v) is 3.06. The van der Waals surface area contributed by atoms with Gasteiger partial charge in [0.25, 0.3) is 0 Å². The second kappa shape index (κ2) is 4.77. The Morgan fingerprint density at radius 3 is 2.50 bits per heavy atom. The lowest BCUT2D eigenvalue weighted by molar-refractivity contribution is 0.232. The van der Waals surface area contributed by atoms with Crippen LogP contribution in [0.2, 0.25) is 5.02 Å². The number of hydrogen-bond donors (Lipinski definition) is 1. The van der Waals surface area contributed by atoms with E-state index in [1.807, 2.05) is 18.2 Å². The van der Waals surface area contributed by atoms with Gasteiger partial charge in [-0.2, -0.15) is 0 Å². The van der Waals surface area contributed by atoms with Gasteiger partial charge in [-0.25, -0.2) is 0 Å². The van der Waals surface area contributed by atoms with Crippen molar-refractivity contribution in [2.75, 3.05) is 0 Å². The van der Waals surface area contributed by atoms with Crippen LogP contribution in [-0.2, 0) is 5.54 Å². The zero-order valence-corrected chi connectivity index (χ0v) is 10.6. The maximum absolute atomic E-state index is 6.51.